The summed E-state index contributed by atoms with van der Waals surface area (Å²) >= 11 is 6.06. The molecule has 1 aliphatic heterocycles. The largest absolute Gasteiger partial charge is 0.491 e. The van der Waals surface area contributed by atoms with Gasteiger partial charge in [0.25, 0.3) is 0 Å². The van der Waals surface area contributed by atoms with Crippen LogP contribution in [0.25, 0.3) is 0 Å². The number of piperazine rings is 1. The van der Waals surface area contributed by atoms with E-state index >= 15 is 0 Å². The Morgan fingerprint density at radius 2 is 1.88 bits per heavy atom. The standard InChI is InChI=1S/C17H26ClN3O3.2ClH/c1-23-14(13-19)12-17(22)21-8-6-20(7-9-21)10-11-24-16-5-3-2-4-15(16)18;;/h2-5,14H,6-13,19H2,1H3;2*1H. The van der Waals surface area contributed by atoms with E-state index in [1.54, 1.807) is 7.11 Å². The van der Waals surface area contributed by atoms with Crippen molar-refractivity contribution in [2.45, 2.75) is 12.5 Å². The highest BCUT2D eigenvalue weighted by molar-refractivity contribution is 6.32. The number of ether oxygens (including phenoxy) is 2. The van der Waals surface area contributed by atoms with E-state index in [0.29, 0.717) is 30.3 Å². The Hall–Kier alpha value is -0.760. The van der Waals surface area contributed by atoms with Crippen LogP contribution in [0, 0.1) is 0 Å². The first-order chi connectivity index (χ1) is 11.6. The Morgan fingerprint density at radius 1 is 1.23 bits per heavy atom. The third kappa shape index (κ3) is 7.86. The van der Waals surface area contributed by atoms with Gasteiger partial charge in [-0.3, -0.25) is 9.69 Å². The number of halogens is 3. The van der Waals surface area contributed by atoms with Crippen molar-refractivity contribution < 1.29 is 14.3 Å². The fraction of sp³-hybridized carbons (Fsp3) is 0.588. The van der Waals surface area contributed by atoms with Gasteiger partial charge in [-0.05, 0) is 12.1 Å². The summed E-state index contributed by atoms with van der Waals surface area (Å²) in [6.07, 6.45) is 0.155. The van der Waals surface area contributed by atoms with Gasteiger partial charge in [0, 0.05) is 46.4 Å². The number of rotatable bonds is 8. The predicted octanol–water partition coefficient (Wildman–Crippen LogP) is 2.07. The molecule has 0 bridgehead atoms. The maximum Gasteiger partial charge on any atom is 0.225 e. The van der Waals surface area contributed by atoms with Crippen LogP contribution in [0.1, 0.15) is 6.42 Å². The Morgan fingerprint density at radius 3 is 2.46 bits per heavy atom. The van der Waals surface area contributed by atoms with Crippen molar-refractivity contribution in [3.05, 3.63) is 29.3 Å². The summed E-state index contributed by atoms with van der Waals surface area (Å²) < 4.78 is 10.9. The molecule has 1 amide bonds. The minimum absolute atomic E-state index is 0. The van der Waals surface area contributed by atoms with Gasteiger partial charge in [0.15, 0.2) is 0 Å². The Balaban J connectivity index is 0.00000312. The number of methoxy groups -OCH3 is 1. The van der Waals surface area contributed by atoms with Crippen molar-refractivity contribution in [1.29, 1.82) is 0 Å². The van der Waals surface area contributed by atoms with E-state index in [2.05, 4.69) is 4.90 Å². The topological polar surface area (TPSA) is 68.0 Å². The molecular formula is C17H28Cl3N3O3. The summed E-state index contributed by atoms with van der Waals surface area (Å²) in [7, 11) is 1.59. The molecule has 1 heterocycles. The number of nitrogens with two attached hydrogens (primary N) is 1. The second-order valence-electron chi connectivity index (χ2n) is 5.80. The maximum atomic E-state index is 12.2. The first-order valence-electron chi connectivity index (χ1n) is 8.24. The normalized spacial score (nSPS) is 15.6. The van der Waals surface area contributed by atoms with Crippen molar-refractivity contribution in [1.82, 2.24) is 9.80 Å². The molecule has 0 aromatic heterocycles. The van der Waals surface area contributed by atoms with Gasteiger partial charge in [-0.1, -0.05) is 23.7 Å². The average Bonchev–Trinajstić information content (AvgIpc) is 2.61. The minimum atomic E-state index is -0.195. The fourth-order valence-electron chi connectivity index (χ4n) is 2.65. The van der Waals surface area contributed by atoms with E-state index in [9.17, 15) is 4.79 Å². The van der Waals surface area contributed by atoms with E-state index in [4.69, 9.17) is 26.8 Å². The number of carbonyl (C=O) groups is 1. The van der Waals surface area contributed by atoms with Gasteiger partial charge in [0.2, 0.25) is 5.91 Å². The summed E-state index contributed by atoms with van der Waals surface area (Å²) in [5, 5.41) is 0.625. The van der Waals surface area contributed by atoms with Crippen molar-refractivity contribution in [2.24, 2.45) is 5.73 Å². The van der Waals surface area contributed by atoms with Crippen LogP contribution in [0.2, 0.25) is 5.02 Å². The van der Waals surface area contributed by atoms with Crippen LogP contribution in [0.15, 0.2) is 24.3 Å². The molecule has 26 heavy (non-hydrogen) atoms. The smallest absolute Gasteiger partial charge is 0.225 e. The van der Waals surface area contributed by atoms with Gasteiger partial charge in [0.1, 0.15) is 12.4 Å². The van der Waals surface area contributed by atoms with Gasteiger partial charge >= 0.3 is 0 Å². The van der Waals surface area contributed by atoms with Crippen LogP contribution >= 0.6 is 36.4 Å². The predicted molar refractivity (Wildman–Crippen MR) is 109 cm³/mol. The molecule has 1 aliphatic rings. The lowest BCUT2D eigenvalue weighted by Crippen LogP contribution is -2.50. The van der Waals surface area contributed by atoms with Gasteiger partial charge in [-0.25, -0.2) is 0 Å². The molecule has 2 N–H and O–H groups in total. The van der Waals surface area contributed by atoms with E-state index in [1.807, 2.05) is 29.2 Å². The molecule has 0 radical (unpaired) electrons. The number of amides is 1. The van der Waals surface area contributed by atoms with Gasteiger partial charge in [-0.2, -0.15) is 0 Å². The van der Waals surface area contributed by atoms with Gasteiger partial charge in [0.05, 0.1) is 17.5 Å². The summed E-state index contributed by atoms with van der Waals surface area (Å²) in [5.74, 6) is 0.819. The van der Waals surface area contributed by atoms with E-state index in [-0.39, 0.29) is 36.8 Å². The number of hydrogen-bond acceptors (Lipinski definition) is 5. The highest BCUT2D eigenvalue weighted by Crippen LogP contribution is 2.22. The number of carbonyl (C=O) groups excluding carboxylic acids is 1. The second kappa shape index (κ2) is 13.4. The van der Waals surface area contributed by atoms with E-state index in [0.717, 1.165) is 32.7 Å². The molecular weight excluding hydrogens is 401 g/mol. The molecule has 2 rings (SSSR count). The molecule has 1 fully saturated rings. The molecule has 1 atom stereocenters. The first kappa shape index (κ1) is 25.2. The van der Waals surface area contributed by atoms with E-state index < -0.39 is 0 Å². The lowest BCUT2D eigenvalue weighted by Gasteiger charge is -2.35. The monoisotopic (exact) mass is 427 g/mol. The number of para-hydroxylation sites is 1. The average molecular weight is 429 g/mol. The van der Waals surface area contributed by atoms with Crippen molar-refractivity contribution in [2.75, 3.05) is 53.0 Å². The van der Waals surface area contributed by atoms with Gasteiger partial charge < -0.3 is 20.1 Å². The number of nitrogens with zero attached hydrogens (tertiary/aromatic N) is 2. The molecule has 150 valence electrons. The van der Waals surface area contributed by atoms with Crippen molar-refractivity contribution in [3.8, 4) is 5.75 Å². The zero-order chi connectivity index (χ0) is 17.4. The van der Waals surface area contributed by atoms with Crippen LogP contribution in [0.5, 0.6) is 5.75 Å². The van der Waals surface area contributed by atoms with Crippen molar-refractivity contribution in [3.63, 3.8) is 0 Å². The number of benzene rings is 1. The summed E-state index contributed by atoms with van der Waals surface area (Å²) in [5.41, 5.74) is 5.57. The Bertz CT molecular complexity index is 525. The third-order valence-electron chi connectivity index (χ3n) is 4.23. The van der Waals surface area contributed by atoms with Gasteiger partial charge in [-0.15, -0.1) is 24.8 Å². The second-order valence-corrected chi connectivity index (χ2v) is 6.21. The molecule has 1 unspecified atom stereocenters. The molecule has 6 nitrogen and oxygen atoms in total. The lowest BCUT2D eigenvalue weighted by molar-refractivity contribution is -0.135. The van der Waals surface area contributed by atoms with Crippen LogP contribution in [-0.4, -0.2) is 74.8 Å². The molecule has 0 saturated carbocycles. The lowest BCUT2D eigenvalue weighted by atomic mass is 10.2. The molecule has 1 aromatic rings. The SMILES string of the molecule is COC(CN)CC(=O)N1CCN(CCOc2ccccc2Cl)CC1.Cl.Cl. The van der Waals surface area contributed by atoms with Crippen LogP contribution in [-0.2, 0) is 9.53 Å². The van der Waals surface area contributed by atoms with Crippen molar-refractivity contribution >= 4 is 42.3 Å². The molecule has 1 saturated heterocycles. The highest BCUT2D eigenvalue weighted by Gasteiger charge is 2.23. The molecule has 0 aliphatic carbocycles. The molecule has 9 heteroatoms. The minimum Gasteiger partial charge on any atom is -0.491 e. The maximum absolute atomic E-state index is 12.2. The molecule has 0 spiro atoms. The quantitative estimate of drug-likeness (QED) is 0.686. The zero-order valence-corrected chi connectivity index (χ0v) is 17.3. The van der Waals surface area contributed by atoms with Crippen LogP contribution < -0.4 is 10.5 Å². The first-order valence-corrected chi connectivity index (χ1v) is 8.62. The van der Waals surface area contributed by atoms with E-state index in [1.165, 1.54) is 0 Å². The highest BCUT2D eigenvalue weighted by atomic mass is 35.5. The third-order valence-corrected chi connectivity index (χ3v) is 4.54. The Kier molecular flexibility index (Phi) is 13.0. The number of hydrogen-bond donors (Lipinski definition) is 1. The fourth-order valence-corrected chi connectivity index (χ4v) is 2.84. The molecule has 1 aromatic carbocycles. The summed E-state index contributed by atoms with van der Waals surface area (Å²) in [4.78, 5) is 16.4. The Labute approximate surface area is 172 Å². The summed E-state index contributed by atoms with van der Waals surface area (Å²) in [6, 6.07) is 7.46. The zero-order valence-electron chi connectivity index (χ0n) is 14.9. The summed E-state index contributed by atoms with van der Waals surface area (Å²) in [6.45, 7) is 4.91. The van der Waals surface area contributed by atoms with Crippen LogP contribution in [0.4, 0.5) is 0 Å². The van der Waals surface area contributed by atoms with Crippen LogP contribution in [0.3, 0.4) is 0 Å².